The van der Waals surface area contributed by atoms with Gasteiger partial charge in [0.05, 0.1) is 17.8 Å². The van der Waals surface area contributed by atoms with Gasteiger partial charge in [-0.05, 0) is 86.5 Å². The van der Waals surface area contributed by atoms with E-state index in [1.807, 2.05) is 27.9 Å². The van der Waals surface area contributed by atoms with Crippen LogP contribution >= 0.6 is 0 Å². The lowest BCUT2D eigenvalue weighted by molar-refractivity contribution is -0.281. The first kappa shape index (κ1) is 39.5. The Morgan fingerprint density at radius 2 is 1.75 bits per heavy atom. The largest absolute Gasteiger partial charge is 0.457 e. The van der Waals surface area contributed by atoms with E-state index in [-0.39, 0.29) is 36.7 Å². The van der Waals surface area contributed by atoms with Crippen LogP contribution in [-0.2, 0) is 38.1 Å². The molecule has 0 radical (unpaired) electrons. The van der Waals surface area contributed by atoms with Crippen LogP contribution in [-0.4, -0.2) is 101 Å². The number of allylic oxidation sites excluding steroid dienone is 1. The number of carbonyl (C=O) groups excluding carboxylic acids is 4. The Bertz CT molecular complexity index is 1340. The third-order valence-corrected chi connectivity index (χ3v) is 10.3. The predicted octanol–water partition coefficient (Wildman–Crippen LogP) is 5.23. The van der Waals surface area contributed by atoms with Crippen LogP contribution in [0.5, 0.6) is 0 Å². The van der Waals surface area contributed by atoms with Crippen LogP contribution in [0, 0.1) is 23.2 Å². The molecule has 2 aliphatic heterocycles. The van der Waals surface area contributed by atoms with Crippen molar-refractivity contribution in [1.29, 1.82) is 0 Å². The number of esters is 1. The van der Waals surface area contributed by atoms with Gasteiger partial charge >= 0.3 is 12.1 Å². The Labute approximate surface area is 285 Å². The van der Waals surface area contributed by atoms with Crippen molar-refractivity contribution in [3.05, 3.63) is 30.4 Å². The predicted molar refractivity (Wildman–Crippen MR) is 179 cm³/mol. The smallest absolute Gasteiger partial charge is 0.420 e. The molecule has 3 heterocycles. The molecule has 12 heteroatoms. The molecule has 0 aliphatic carbocycles. The van der Waals surface area contributed by atoms with Crippen LogP contribution in [0.2, 0.25) is 0 Å². The van der Waals surface area contributed by atoms with Crippen molar-refractivity contribution in [2.75, 3.05) is 21.2 Å². The maximum atomic E-state index is 14.4. The molecule has 270 valence electrons. The fraction of sp³-hybridized carbons (Fsp3) is 0.750. The van der Waals surface area contributed by atoms with Crippen molar-refractivity contribution in [2.45, 2.75) is 130 Å². The lowest BCUT2D eigenvalue weighted by atomic mass is 9.73. The molecule has 0 bridgehead atoms. The van der Waals surface area contributed by atoms with E-state index in [1.54, 1.807) is 34.6 Å². The van der Waals surface area contributed by atoms with Gasteiger partial charge < -0.3 is 28.6 Å². The van der Waals surface area contributed by atoms with Gasteiger partial charge in [0, 0.05) is 43.3 Å². The number of ketones is 2. The molecule has 0 N–H and O–H groups in total. The molecule has 1 aromatic heterocycles. The van der Waals surface area contributed by atoms with Gasteiger partial charge in [0.15, 0.2) is 23.5 Å². The molecule has 3 unspecified atom stereocenters. The number of Topliss-reactive ketones (excluding diaryl/α,β-unsaturated/α-hetero) is 2. The van der Waals surface area contributed by atoms with E-state index in [0.29, 0.717) is 5.57 Å². The molecule has 48 heavy (non-hydrogen) atoms. The molecule has 0 aromatic carbocycles. The van der Waals surface area contributed by atoms with E-state index in [1.165, 1.54) is 45.8 Å². The summed E-state index contributed by atoms with van der Waals surface area (Å²) in [7, 11) is 5.58. The SMILES string of the molecule is CC[C@H]1OC(=O)C(C)(C)C(=O)[C@H](C)[C@@H](OC2OC(C)CC(N(C)C)[C@H]2C)[C@](C)(OC)C[C@@H](C)C(=O)/C(C)=C/[C@]1(C)OC(=O)n1ccnc1. The normalized spacial score (nSPS) is 38.1. The fourth-order valence-corrected chi connectivity index (χ4v) is 7.31. The zero-order valence-corrected chi connectivity index (χ0v) is 31.1. The molecule has 10 atom stereocenters. The number of hydrogen-bond donors (Lipinski definition) is 0. The van der Waals surface area contributed by atoms with Crippen LogP contribution < -0.4 is 0 Å². The molecule has 1 fully saturated rings. The van der Waals surface area contributed by atoms with Gasteiger partial charge in [0.25, 0.3) is 0 Å². The number of carbonyl (C=O) groups is 4. The molecular formula is C36H57N3O9. The van der Waals surface area contributed by atoms with Gasteiger partial charge in [-0.15, -0.1) is 0 Å². The summed E-state index contributed by atoms with van der Waals surface area (Å²) in [4.78, 5) is 61.6. The number of rotatable bonds is 6. The molecule has 0 saturated carbocycles. The lowest BCUT2D eigenvalue weighted by Gasteiger charge is -2.47. The zero-order chi connectivity index (χ0) is 36.4. The summed E-state index contributed by atoms with van der Waals surface area (Å²) >= 11 is 0. The molecule has 0 amide bonds. The van der Waals surface area contributed by atoms with Crippen LogP contribution in [0.25, 0.3) is 0 Å². The number of hydrogen-bond acceptors (Lipinski definition) is 11. The third kappa shape index (κ3) is 8.26. The standard InChI is InChI=1S/C36H57N3O9/c1-14-27-35(9,48-33(43)39-16-15-37-20-39)18-21(2)28(40)22(3)19-36(10,44-13)30(25(6)29(41)34(7,8)32(42)46-27)47-31-24(5)26(38(11)12)17-23(4)45-31/h15-16,18,20,22-27,30-31H,14,17,19H2,1-13H3/b21-18+/t22-,23?,24-,25+,26?,27-,30-,31?,35+,36-/m1/s1. The van der Waals surface area contributed by atoms with Crippen LogP contribution in [0.4, 0.5) is 4.79 Å². The Balaban J connectivity index is 2.15. The van der Waals surface area contributed by atoms with Crippen molar-refractivity contribution >= 4 is 23.6 Å². The Morgan fingerprint density at radius 3 is 2.29 bits per heavy atom. The van der Waals surface area contributed by atoms with Crippen LogP contribution in [0.15, 0.2) is 30.4 Å². The summed E-state index contributed by atoms with van der Waals surface area (Å²) < 4.78 is 32.4. The molecule has 0 spiro atoms. The number of methoxy groups -OCH3 is 1. The summed E-state index contributed by atoms with van der Waals surface area (Å²) in [5, 5.41) is 0. The molecular weight excluding hydrogens is 618 g/mol. The minimum absolute atomic E-state index is 0.0528. The highest BCUT2D eigenvalue weighted by molar-refractivity contribution is 6.04. The highest BCUT2D eigenvalue weighted by Gasteiger charge is 2.52. The first-order valence-corrected chi connectivity index (χ1v) is 16.9. The second kappa shape index (κ2) is 15.3. The third-order valence-electron chi connectivity index (χ3n) is 10.3. The number of imidazole rings is 1. The summed E-state index contributed by atoms with van der Waals surface area (Å²) in [6, 6.07) is 0.167. The van der Waals surface area contributed by atoms with Crippen LogP contribution in [0.1, 0.15) is 88.5 Å². The Morgan fingerprint density at radius 1 is 1.10 bits per heavy atom. The minimum atomic E-state index is -1.62. The number of cyclic esters (lactones) is 1. The Kier molecular flexibility index (Phi) is 12.6. The van der Waals surface area contributed by atoms with Crippen molar-refractivity contribution in [3.63, 3.8) is 0 Å². The highest BCUT2D eigenvalue weighted by atomic mass is 16.7. The second-order valence-electron chi connectivity index (χ2n) is 14.9. The number of aromatic nitrogens is 2. The lowest BCUT2D eigenvalue weighted by Crippen LogP contribution is -2.58. The first-order valence-electron chi connectivity index (χ1n) is 16.9. The van der Waals surface area contributed by atoms with Gasteiger partial charge in [-0.25, -0.2) is 14.3 Å². The number of ether oxygens (including phenoxy) is 5. The average Bonchev–Trinajstić information content (AvgIpc) is 3.57. The maximum Gasteiger partial charge on any atom is 0.420 e. The van der Waals surface area contributed by atoms with E-state index >= 15 is 0 Å². The van der Waals surface area contributed by atoms with E-state index in [9.17, 15) is 19.2 Å². The van der Waals surface area contributed by atoms with Crippen molar-refractivity contribution < 1.29 is 42.9 Å². The van der Waals surface area contributed by atoms with Gasteiger partial charge in [-0.1, -0.05) is 27.7 Å². The van der Waals surface area contributed by atoms with E-state index in [2.05, 4.69) is 16.8 Å². The summed E-state index contributed by atoms with van der Waals surface area (Å²) in [5.74, 6) is -2.96. The van der Waals surface area contributed by atoms with Crippen molar-refractivity contribution in [1.82, 2.24) is 14.5 Å². The zero-order valence-electron chi connectivity index (χ0n) is 31.1. The average molecular weight is 676 g/mol. The maximum absolute atomic E-state index is 14.4. The van der Waals surface area contributed by atoms with Gasteiger partial charge in [-0.3, -0.25) is 14.4 Å². The summed E-state index contributed by atoms with van der Waals surface area (Å²) in [5.41, 5.74) is -4.03. The van der Waals surface area contributed by atoms with Crippen LogP contribution in [0.3, 0.4) is 0 Å². The Hall–Kier alpha value is -2.93. The van der Waals surface area contributed by atoms with Gasteiger partial charge in [0.1, 0.15) is 17.8 Å². The van der Waals surface area contributed by atoms with Gasteiger partial charge in [0.2, 0.25) is 0 Å². The summed E-state index contributed by atoms with van der Waals surface area (Å²) in [6.45, 7) is 17.5. The highest BCUT2D eigenvalue weighted by Crippen LogP contribution is 2.40. The molecule has 3 rings (SSSR count). The van der Waals surface area contributed by atoms with E-state index < -0.39 is 64.8 Å². The quantitative estimate of drug-likeness (QED) is 0.290. The van der Waals surface area contributed by atoms with E-state index in [0.717, 1.165) is 11.0 Å². The fourth-order valence-electron chi connectivity index (χ4n) is 7.31. The minimum Gasteiger partial charge on any atom is -0.457 e. The van der Waals surface area contributed by atoms with Crippen molar-refractivity contribution in [3.8, 4) is 0 Å². The first-order chi connectivity index (χ1) is 22.2. The molecule has 12 nitrogen and oxygen atoms in total. The van der Waals surface area contributed by atoms with Crippen molar-refractivity contribution in [2.24, 2.45) is 23.2 Å². The molecule has 1 aromatic rings. The second-order valence-corrected chi connectivity index (χ2v) is 14.9. The molecule has 1 saturated heterocycles. The monoisotopic (exact) mass is 675 g/mol. The van der Waals surface area contributed by atoms with Gasteiger partial charge in [-0.2, -0.15) is 0 Å². The summed E-state index contributed by atoms with van der Waals surface area (Å²) in [6.07, 6.45) is 3.46. The topological polar surface area (TPSA) is 135 Å². The van der Waals surface area contributed by atoms with E-state index in [4.69, 9.17) is 23.7 Å². The molecule has 2 aliphatic rings. The number of nitrogens with zero attached hydrogens (tertiary/aromatic N) is 3.